The van der Waals surface area contributed by atoms with Gasteiger partial charge in [-0.1, -0.05) is 11.3 Å². The molecule has 4 nitrogen and oxygen atoms in total. The monoisotopic (exact) mass is 244 g/mol. The third kappa shape index (κ3) is 1.85. The molecule has 17 heavy (non-hydrogen) atoms. The first-order valence-electron chi connectivity index (χ1n) is 5.73. The van der Waals surface area contributed by atoms with Crippen LogP contribution in [0.1, 0.15) is 19.3 Å². The van der Waals surface area contributed by atoms with E-state index in [0.29, 0.717) is 12.5 Å². The Labute approximate surface area is 104 Å². The van der Waals surface area contributed by atoms with Gasteiger partial charge in [-0.2, -0.15) is 5.26 Å². The molecule has 0 amide bonds. The van der Waals surface area contributed by atoms with E-state index in [-0.39, 0.29) is 0 Å². The van der Waals surface area contributed by atoms with Crippen LogP contribution in [0, 0.1) is 11.3 Å². The number of hydrogen-bond acceptors (Lipinski definition) is 5. The van der Waals surface area contributed by atoms with E-state index in [1.165, 1.54) is 0 Å². The van der Waals surface area contributed by atoms with Crippen LogP contribution < -0.4 is 4.90 Å². The van der Waals surface area contributed by atoms with E-state index in [2.05, 4.69) is 20.9 Å². The molecule has 0 N–H and O–H groups in total. The molecule has 3 heterocycles. The van der Waals surface area contributed by atoms with Crippen LogP contribution in [0.3, 0.4) is 0 Å². The second kappa shape index (κ2) is 4.30. The second-order valence-electron chi connectivity index (χ2n) is 4.18. The minimum Gasteiger partial charge on any atom is -0.344 e. The number of rotatable bonds is 2. The van der Waals surface area contributed by atoms with Gasteiger partial charge in [-0.15, -0.1) is 0 Å². The number of thiazole rings is 1. The predicted octanol–water partition coefficient (Wildman–Crippen LogP) is 2.57. The average Bonchev–Trinajstić information content (AvgIpc) is 2.94. The molecular weight excluding hydrogens is 232 g/mol. The summed E-state index contributed by atoms with van der Waals surface area (Å²) in [5.74, 6) is 0. The Morgan fingerprint density at radius 1 is 1.59 bits per heavy atom. The molecule has 1 saturated heterocycles. The van der Waals surface area contributed by atoms with Crippen LogP contribution in [0.5, 0.6) is 0 Å². The lowest BCUT2D eigenvalue weighted by Gasteiger charge is -2.21. The second-order valence-corrected chi connectivity index (χ2v) is 5.13. The zero-order valence-corrected chi connectivity index (χ0v) is 10.2. The van der Waals surface area contributed by atoms with Crippen molar-refractivity contribution in [3.63, 3.8) is 0 Å². The van der Waals surface area contributed by atoms with Crippen molar-refractivity contribution in [1.82, 2.24) is 9.97 Å². The van der Waals surface area contributed by atoms with Crippen LogP contribution in [0.4, 0.5) is 5.13 Å². The number of nitriles is 1. The van der Waals surface area contributed by atoms with Gasteiger partial charge in [0.15, 0.2) is 5.13 Å². The zero-order valence-electron chi connectivity index (χ0n) is 9.33. The topological polar surface area (TPSA) is 52.8 Å². The number of anilines is 1. The van der Waals surface area contributed by atoms with E-state index in [1.54, 1.807) is 17.5 Å². The van der Waals surface area contributed by atoms with Gasteiger partial charge in [-0.3, -0.25) is 0 Å². The van der Waals surface area contributed by atoms with Crippen molar-refractivity contribution >= 4 is 26.8 Å². The maximum atomic E-state index is 8.83. The highest BCUT2D eigenvalue weighted by molar-refractivity contribution is 7.21. The normalized spacial score (nSPS) is 19.7. The lowest BCUT2D eigenvalue weighted by molar-refractivity contribution is 0.682. The van der Waals surface area contributed by atoms with Gasteiger partial charge >= 0.3 is 0 Å². The van der Waals surface area contributed by atoms with Crippen molar-refractivity contribution in [1.29, 1.82) is 5.26 Å². The first-order chi connectivity index (χ1) is 8.38. The highest BCUT2D eigenvalue weighted by atomic mass is 32.1. The van der Waals surface area contributed by atoms with E-state index in [9.17, 15) is 0 Å². The average molecular weight is 244 g/mol. The van der Waals surface area contributed by atoms with Crippen LogP contribution >= 0.6 is 11.3 Å². The SMILES string of the molecule is N#CC[C@@H]1CCCN1c1nc2cccnc2s1. The number of hydrogen-bond donors (Lipinski definition) is 0. The fourth-order valence-corrected chi connectivity index (χ4v) is 3.29. The lowest BCUT2D eigenvalue weighted by atomic mass is 10.2. The van der Waals surface area contributed by atoms with Crippen molar-refractivity contribution in [2.75, 3.05) is 11.4 Å². The van der Waals surface area contributed by atoms with Gasteiger partial charge < -0.3 is 4.90 Å². The molecule has 1 aliphatic heterocycles. The summed E-state index contributed by atoms with van der Waals surface area (Å²) in [6, 6.07) is 6.49. The van der Waals surface area contributed by atoms with Crippen molar-refractivity contribution in [3.8, 4) is 6.07 Å². The fourth-order valence-electron chi connectivity index (χ4n) is 2.29. The number of fused-ring (bicyclic) bond motifs is 1. The Balaban J connectivity index is 1.95. The lowest BCUT2D eigenvalue weighted by Crippen LogP contribution is -2.28. The first kappa shape index (κ1) is 10.5. The molecule has 5 heteroatoms. The summed E-state index contributed by atoms with van der Waals surface area (Å²) < 4.78 is 0. The van der Waals surface area contributed by atoms with Crippen molar-refractivity contribution in [3.05, 3.63) is 18.3 Å². The maximum absolute atomic E-state index is 8.83. The Morgan fingerprint density at radius 2 is 2.53 bits per heavy atom. The summed E-state index contributed by atoms with van der Waals surface area (Å²) in [7, 11) is 0. The summed E-state index contributed by atoms with van der Waals surface area (Å²) in [5, 5.41) is 9.84. The highest BCUT2D eigenvalue weighted by Crippen LogP contribution is 2.32. The summed E-state index contributed by atoms with van der Waals surface area (Å²) in [5.41, 5.74) is 0.954. The maximum Gasteiger partial charge on any atom is 0.188 e. The molecular formula is C12H12N4S. The van der Waals surface area contributed by atoms with E-state index >= 15 is 0 Å². The van der Waals surface area contributed by atoms with Crippen molar-refractivity contribution < 1.29 is 0 Å². The summed E-state index contributed by atoms with van der Waals surface area (Å²) in [4.78, 5) is 12.1. The van der Waals surface area contributed by atoms with E-state index in [4.69, 9.17) is 5.26 Å². The molecule has 86 valence electrons. The predicted molar refractivity (Wildman–Crippen MR) is 68.0 cm³/mol. The molecule has 0 unspecified atom stereocenters. The molecule has 1 aliphatic rings. The largest absolute Gasteiger partial charge is 0.344 e. The molecule has 0 saturated carbocycles. The van der Waals surface area contributed by atoms with Crippen LogP contribution in [0.15, 0.2) is 18.3 Å². The highest BCUT2D eigenvalue weighted by Gasteiger charge is 2.26. The van der Waals surface area contributed by atoms with Gasteiger partial charge in [0.05, 0.1) is 12.5 Å². The summed E-state index contributed by atoms with van der Waals surface area (Å²) in [6.07, 6.45) is 4.62. The van der Waals surface area contributed by atoms with Crippen molar-refractivity contribution in [2.45, 2.75) is 25.3 Å². The van der Waals surface area contributed by atoms with Gasteiger partial charge in [0, 0.05) is 18.8 Å². The van der Waals surface area contributed by atoms with E-state index in [1.807, 2.05) is 12.1 Å². The molecule has 2 aromatic rings. The fraction of sp³-hybridized carbons (Fsp3) is 0.417. The Bertz CT molecular complexity index is 538. The minimum absolute atomic E-state index is 0.334. The Morgan fingerprint density at radius 3 is 3.35 bits per heavy atom. The number of nitrogens with zero attached hydrogens (tertiary/aromatic N) is 4. The van der Waals surface area contributed by atoms with Gasteiger partial charge in [-0.25, -0.2) is 9.97 Å². The first-order valence-corrected chi connectivity index (χ1v) is 6.55. The molecule has 3 rings (SSSR count). The van der Waals surface area contributed by atoms with Gasteiger partial charge in [-0.05, 0) is 25.0 Å². The minimum atomic E-state index is 0.334. The van der Waals surface area contributed by atoms with E-state index in [0.717, 1.165) is 34.9 Å². The molecule has 2 aromatic heterocycles. The molecule has 0 radical (unpaired) electrons. The Kier molecular flexibility index (Phi) is 2.65. The van der Waals surface area contributed by atoms with Gasteiger partial charge in [0.2, 0.25) is 0 Å². The number of pyridine rings is 1. The van der Waals surface area contributed by atoms with Crippen molar-refractivity contribution in [2.24, 2.45) is 0 Å². The molecule has 0 bridgehead atoms. The van der Waals surface area contributed by atoms with Crippen LogP contribution in [0.25, 0.3) is 10.3 Å². The molecule has 1 fully saturated rings. The van der Waals surface area contributed by atoms with Gasteiger partial charge in [0.25, 0.3) is 0 Å². The van der Waals surface area contributed by atoms with Crippen LogP contribution in [-0.2, 0) is 0 Å². The third-order valence-corrected chi connectivity index (χ3v) is 4.12. The molecule has 1 atom stereocenters. The molecule has 0 aliphatic carbocycles. The Hall–Kier alpha value is -1.67. The molecule has 0 spiro atoms. The summed E-state index contributed by atoms with van der Waals surface area (Å²) in [6.45, 7) is 1.01. The quantitative estimate of drug-likeness (QED) is 0.814. The van der Waals surface area contributed by atoms with Gasteiger partial charge in [0.1, 0.15) is 10.3 Å². The zero-order chi connectivity index (χ0) is 11.7. The summed E-state index contributed by atoms with van der Waals surface area (Å²) >= 11 is 1.62. The van der Waals surface area contributed by atoms with Crippen LogP contribution in [-0.4, -0.2) is 22.6 Å². The number of aromatic nitrogens is 2. The third-order valence-electron chi connectivity index (χ3n) is 3.10. The standard InChI is InChI=1S/C12H12N4S/c13-6-5-9-3-2-8-16(9)12-15-10-4-1-7-14-11(10)17-12/h1,4,7,9H,2-3,5,8H2/t9-/m0/s1. The van der Waals surface area contributed by atoms with Crippen LogP contribution in [0.2, 0.25) is 0 Å². The molecule has 0 aromatic carbocycles. The smallest absolute Gasteiger partial charge is 0.188 e. The van der Waals surface area contributed by atoms with E-state index < -0.39 is 0 Å².